The fourth-order valence-electron chi connectivity index (χ4n) is 2.71. The van der Waals surface area contributed by atoms with Crippen LogP contribution in [0.3, 0.4) is 0 Å². The van der Waals surface area contributed by atoms with Gasteiger partial charge in [-0.2, -0.15) is 0 Å². The molecule has 1 N–H and O–H groups in total. The maximum absolute atomic E-state index is 12.4. The molecule has 0 spiro atoms. The molecule has 1 saturated heterocycles. The van der Waals surface area contributed by atoms with Crippen molar-refractivity contribution in [3.63, 3.8) is 0 Å². The lowest BCUT2D eigenvalue weighted by Crippen LogP contribution is -2.63. The zero-order valence-corrected chi connectivity index (χ0v) is 12.2. The number of benzene rings is 1. The van der Waals surface area contributed by atoms with E-state index in [9.17, 15) is 9.59 Å². The molecule has 1 unspecified atom stereocenters. The third kappa shape index (κ3) is 2.55. The van der Waals surface area contributed by atoms with Gasteiger partial charge in [0.25, 0.3) is 5.91 Å². The topological polar surface area (TPSA) is 49.4 Å². The number of nitrogens with one attached hydrogen (secondary N) is 1. The Hall–Kier alpha value is -1.84. The Balaban J connectivity index is 2.32. The molecular formula is C16H22N2O2. The van der Waals surface area contributed by atoms with E-state index in [0.29, 0.717) is 6.54 Å². The van der Waals surface area contributed by atoms with Crippen molar-refractivity contribution in [3.8, 4) is 0 Å². The summed E-state index contributed by atoms with van der Waals surface area (Å²) < 4.78 is 0. The Morgan fingerprint density at radius 3 is 2.55 bits per heavy atom. The third-order valence-corrected chi connectivity index (χ3v) is 4.00. The van der Waals surface area contributed by atoms with Crippen LogP contribution in [0, 0.1) is 0 Å². The Labute approximate surface area is 120 Å². The highest BCUT2D eigenvalue weighted by atomic mass is 16.2. The van der Waals surface area contributed by atoms with Crippen molar-refractivity contribution in [2.45, 2.75) is 38.6 Å². The monoisotopic (exact) mass is 274 g/mol. The van der Waals surface area contributed by atoms with Gasteiger partial charge >= 0.3 is 0 Å². The van der Waals surface area contributed by atoms with Gasteiger partial charge in [0.05, 0.1) is 6.54 Å². The quantitative estimate of drug-likeness (QED) is 0.835. The minimum Gasteiger partial charge on any atom is -0.345 e. The molecule has 2 amide bonds. The molecule has 108 valence electrons. The van der Waals surface area contributed by atoms with Crippen molar-refractivity contribution >= 4 is 11.8 Å². The molecule has 4 nitrogen and oxygen atoms in total. The highest BCUT2D eigenvalue weighted by Crippen LogP contribution is 2.31. The molecule has 1 heterocycles. The summed E-state index contributed by atoms with van der Waals surface area (Å²) in [5.41, 5.74) is -0.0355. The van der Waals surface area contributed by atoms with Crippen LogP contribution in [0.1, 0.15) is 38.7 Å². The van der Waals surface area contributed by atoms with E-state index in [-0.39, 0.29) is 18.4 Å². The second kappa shape index (κ2) is 6.07. The standard InChI is InChI=1S/C16H22N2O2/c1-3-4-8-11-18-14(19)12-17-15(20)16(18,2)13-9-6-5-7-10-13/h5-7,9-10H,3-4,8,11-12H2,1-2H3,(H,17,20). The molecule has 1 fully saturated rings. The van der Waals surface area contributed by atoms with E-state index in [1.807, 2.05) is 37.3 Å². The summed E-state index contributed by atoms with van der Waals surface area (Å²) in [7, 11) is 0. The van der Waals surface area contributed by atoms with Crippen molar-refractivity contribution in [3.05, 3.63) is 35.9 Å². The first-order valence-corrected chi connectivity index (χ1v) is 7.25. The van der Waals surface area contributed by atoms with Gasteiger partial charge in [0, 0.05) is 6.54 Å². The highest BCUT2D eigenvalue weighted by Gasteiger charge is 2.46. The highest BCUT2D eigenvalue weighted by molar-refractivity contribution is 5.98. The maximum atomic E-state index is 12.4. The first kappa shape index (κ1) is 14.6. The molecule has 1 aliphatic heterocycles. The van der Waals surface area contributed by atoms with Crippen LogP contribution in [0.4, 0.5) is 0 Å². The van der Waals surface area contributed by atoms with E-state index in [2.05, 4.69) is 12.2 Å². The van der Waals surface area contributed by atoms with E-state index >= 15 is 0 Å². The normalized spacial score (nSPS) is 22.8. The predicted molar refractivity (Wildman–Crippen MR) is 78.0 cm³/mol. The number of amides is 2. The number of carbonyl (C=O) groups excluding carboxylic acids is 2. The van der Waals surface area contributed by atoms with Crippen molar-refractivity contribution in [1.82, 2.24) is 10.2 Å². The second-order valence-electron chi connectivity index (χ2n) is 5.37. The van der Waals surface area contributed by atoms with Gasteiger partial charge < -0.3 is 10.2 Å². The summed E-state index contributed by atoms with van der Waals surface area (Å²) in [5, 5.41) is 2.71. The van der Waals surface area contributed by atoms with Crippen molar-refractivity contribution in [2.75, 3.05) is 13.1 Å². The van der Waals surface area contributed by atoms with Crippen molar-refractivity contribution < 1.29 is 9.59 Å². The third-order valence-electron chi connectivity index (χ3n) is 4.00. The van der Waals surface area contributed by atoms with Gasteiger partial charge in [-0.25, -0.2) is 0 Å². The van der Waals surface area contributed by atoms with Crippen LogP contribution in [0.15, 0.2) is 30.3 Å². The van der Waals surface area contributed by atoms with Crippen LogP contribution in [-0.2, 0) is 15.1 Å². The number of hydrogen-bond donors (Lipinski definition) is 1. The summed E-state index contributed by atoms with van der Waals surface area (Å²) in [6, 6.07) is 9.53. The largest absolute Gasteiger partial charge is 0.345 e. The Kier molecular flexibility index (Phi) is 4.42. The van der Waals surface area contributed by atoms with Gasteiger partial charge in [0.15, 0.2) is 0 Å². The molecule has 4 heteroatoms. The average molecular weight is 274 g/mol. The molecular weight excluding hydrogens is 252 g/mol. The molecule has 0 radical (unpaired) electrons. The van der Waals surface area contributed by atoms with Crippen LogP contribution in [0.25, 0.3) is 0 Å². The molecule has 1 aromatic carbocycles. The zero-order chi connectivity index (χ0) is 14.6. The molecule has 0 aromatic heterocycles. The number of hydrogen-bond acceptors (Lipinski definition) is 2. The number of nitrogens with zero attached hydrogens (tertiary/aromatic N) is 1. The molecule has 0 bridgehead atoms. The first-order chi connectivity index (χ1) is 9.60. The van der Waals surface area contributed by atoms with Gasteiger partial charge in [-0.3, -0.25) is 9.59 Å². The van der Waals surface area contributed by atoms with E-state index in [1.165, 1.54) is 0 Å². The SMILES string of the molecule is CCCCCN1C(=O)CNC(=O)C1(C)c1ccccc1. The van der Waals surface area contributed by atoms with Crippen molar-refractivity contribution in [2.24, 2.45) is 0 Å². The molecule has 2 rings (SSSR count). The van der Waals surface area contributed by atoms with Gasteiger partial charge in [0.1, 0.15) is 5.54 Å². The summed E-state index contributed by atoms with van der Waals surface area (Å²) in [4.78, 5) is 26.4. The van der Waals surface area contributed by atoms with Gasteiger partial charge in [-0.15, -0.1) is 0 Å². The number of rotatable bonds is 5. The minimum atomic E-state index is -0.898. The lowest BCUT2D eigenvalue weighted by atomic mass is 9.87. The van der Waals surface area contributed by atoms with E-state index in [0.717, 1.165) is 24.8 Å². The lowest BCUT2D eigenvalue weighted by molar-refractivity contribution is -0.153. The molecule has 0 saturated carbocycles. The molecule has 1 aliphatic rings. The fraction of sp³-hybridized carbons (Fsp3) is 0.500. The Bertz CT molecular complexity index is 487. The average Bonchev–Trinajstić information content (AvgIpc) is 2.48. The fourth-order valence-corrected chi connectivity index (χ4v) is 2.71. The van der Waals surface area contributed by atoms with Gasteiger partial charge in [-0.1, -0.05) is 50.1 Å². The number of piperazine rings is 1. The summed E-state index contributed by atoms with van der Waals surface area (Å²) >= 11 is 0. The predicted octanol–water partition coefficient (Wildman–Crippen LogP) is 2.05. The minimum absolute atomic E-state index is 0.00736. The summed E-state index contributed by atoms with van der Waals surface area (Å²) in [5.74, 6) is -0.105. The van der Waals surface area contributed by atoms with Crippen LogP contribution in [-0.4, -0.2) is 29.8 Å². The number of unbranched alkanes of at least 4 members (excludes halogenated alkanes) is 2. The van der Waals surface area contributed by atoms with E-state index in [1.54, 1.807) is 4.90 Å². The van der Waals surface area contributed by atoms with Crippen LogP contribution >= 0.6 is 0 Å². The Morgan fingerprint density at radius 1 is 1.20 bits per heavy atom. The van der Waals surface area contributed by atoms with Crippen LogP contribution < -0.4 is 5.32 Å². The summed E-state index contributed by atoms with van der Waals surface area (Å²) in [6.45, 7) is 4.70. The van der Waals surface area contributed by atoms with Crippen LogP contribution in [0.5, 0.6) is 0 Å². The van der Waals surface area contributed by atoms with Gasteiger partial charge in [0.2, 0.25) is 5.91 Å². The van der Waals surface area contributed by atoms with E-state index in [4.69, 9.17) is 0 Å². The molecule has 20 heavy (non-hydrogen) atoms. The lowest BCUT2D eigenvalue weighted by Gasteiger charge is -2.43. The zero-order valence-electron chi connectivity index (χ0n) is 12.2. The Morgan fingerprint density at radius 2 is 1.90 bits per heavy atom. The molecule has 1 aromatic rings. The first-order valence-electron chi connectivity index (χ1n) is 7.25. The maximum Gasteiger partial charge on any atom is 0.250 e. The van der Waals surface area contributed by atoms with E-state index < -0.39 is 5.54 Å². The number of carbonyl (C=O) groups is 2. The smallest absolute Gasteiger partial charge is 0.250 e. The molecule has 0 aliphatic carbocycles. The molecule has 1 atom stereocenters. The van der Waals surface area contributed by atoms with Gasteiger partial charge in [-0.05, 0) is 18.9 Å². The summed E-state index contributed by atoms with van der Waals surface area (Å²) in [6.07, 6.45) is 3.09. The second-order valence-corrected chi connectivity index (χ2v) is 5.37. The van der Waals surface area contributed by atoms with Crippen LogP contribution in [0.2, 0.25) is 0 Å². The van der Waals surface area contributed by atoms with Crippen molar-refractivity contribution in [1.29, 1.82) is 0 Å².